The number of fused-ring (bicyclic) bond motifs is 2. The van der Waals surface area contributed by atoms with Gasteiger partial charge in [-0.25, -0.2) is 9.37 Å². The van der Waals surface area contributed by atoms with E-state index >= 15 is 0 Å². The average molecular weight is 540 g/mol. The Morgan fingerprint density at radius 1 is 1.24 bits per heavy atom. The molecule has 5 rings (SSSR count). The lowest BCUT2D eigenvalue weighted by Crippen LogP contribution is -2.42. The maximum absolute atomic E-state index is 14.9. The number of nitrogens with zero attached hydrogens (tertiary/aromatic N) is 2. The van der Waals surface area contributed by atoms with E-state index in [1.807, 2.05) is 43.3 Å². The number of hydrogen-bond donors (Lipinski definition) is 3. The summed E-state index contributed by atoms with van der Waals surface area (Å²) in [5.74, 6) is -0.619. The smallest absolute Gasteiger partial charge is 0.258 e. The Balaban J connectivity index is 1.37. The fourth-order valence-electron chi connectivity index (χ4n) is 4.79. The highest BCUT2D eigenvalue weighted by atomic mass is 35.5. The molecule has 2 heterocycles. The van der Waals surface area contributed by atoms with Crippen molar-refractivity contribution >= 4 is 45.7 Å². The molecule has 0 radical (unpaired) electrons. The van der Waals surface area contributed by atoms with Gasteiger partial charge in [0, 0.05) is 16.6 Å². The van der Waals surface area contributed by atoms with Crippen molar-refractivity contribution in [1.29, 1.82) is 0 Å². The lowest BCUT2D eigenvalue weighted by Gasteiger charge is -2.36. The van der Waals surface area contributed by atoms with Gasteiger partial charge in [0.15, 0.2) is 0 Å². The van der Waals surface area contributed by atoms with Crippen molar-refractivity contribution in [3.63, 3.8) is 0 Å². The Morgan fingerprint density at radius 2 is 2.00 bits per heavy atom. The van der Waals surface area contributed by atoms with Crippen molar-refractivity contribution in [3.05, 3.63) is 103 Å². The van der Waals surface area contributed by atoms with Crippen molar-refractivity contribution in [1.82, 2.24) is 14.9 Å². The number of nitrogens with one attached hydrogen (secondary N) is 2. The minimum atomic E-state index is -0.664. The van der Waals surface area contributed by atoms with Crippen LogP contribution in [-0.2, 0) is 11.2 Å². The van der Waals surface area contributed by atoms with E-state index in [2.05, 4.69) is 15.3 Å². The molecule has 190 valence electrons. The minimum Gasteiger partial charge on any atom is -0.374 e. The van der Waals surface area contributed by atoms with E-state index in [4.69, 9.17) is 28.9 Å². The van der Waals surface area contributed by atoms with E-state index in [1.54, 1.807) is 11.0 Å². The third-order valence-corrected chi connectivity index (χ3v) is 7.23. The van der Waals surface area contributed by atoms with Gasteiger partial charge in [-0.2, -0.15) is 0 Å². The van der Waals surface area contributed by atoms with Crippen LogP contribution < -0.4 is 16.6 Å². The average Bonchev–Trinajstić information content (AvgIpc) is 2.87. The summed E-state index contributed by atoms with van der Waals surface area (Å²) in [7, 11) is 0. The second kappa shape index (κ2) is 10.1. The molecule has 1 aliphatic rings. The summed E-state index contributed by atoms with van der Waals surface area (Å²) in [5.41, 5.74) is 8.80. The minimum absolute atomic E-state index is 0.0630. The van der Waals surface area contributed by atoms with Crippen LogP contribution in [0.4, 0.5) is 10.1 Å². The number of halogens is 3. The van der Waals surface area contributed by atoms with Gasteiger partial charge in [0.25, 0.3) is 5.56 Å². The highest BCUT2D eigenvalue weighted by Gasteiger charge is 2.29. The molecule has 1 amide bonds. The quantitative estimate of drug-likeness (QED) is 0.332. The number of rotatable bonds is 5. The number of amides is 1. The van der Waals surface area contributed by atoms with Gasteiger partial charge in [-0.1, -0.05) is 53.5 Å². The van der Waals surface area contributed by atoms with Gasteiger partial charge in [-0.3, -0.25) is 9.59 Å². The van der Waals surface area contributed by atoms with Crippen molar-refractivity contribution in [2.24, 2.45) is 5.73 Å². The summed E-state index contributed by atoms with van der Waals surface area (Å²) >= 11 is 12.5. The van der Waals surface area contributed by atoms with Crippen molar-refractivity contribution in [2.75, 3.05) is 18.4 Å². The molecule has 7 nitrogen and oxygen atoms in total. The van der Waals surface area contributed by atoms with Gasteiger partial charge in [-0.15, -0.1) is 0 Å². The first-order valence-corrected chi connectivity index (χ1v) is 12.5. The predicted octanol–water partition coefficient (Wildman–Crippen LogP) is 4.97. The van der Waals surface area contributed by atoms with E-state index < -0.39 is 17.4 Å². The van der Waals surface area contributed by atoms with E-state index in [0.29, 0.717) is 23.0 Å². The molecule has 37 heavy (non-hydrogen) atoms. The number of aromatic nitrogens is 2. The largest absolute Gasteiger partial charge is 0.374 e. The molecule has 1 aliphatic heterocycles. The highest BCUT2D eigenvalue weighted by molar-refractivity contribution is 6.35. The molecule has 0 aliphatic carbocycles. The van der Waals surface area contributed by atoms with Crippen LogP contribution in [0.3, 0.4) is 0 Å². The summed E-state index contributed by atoms with van der Waals surface area (Å²) in [4.78, 5) is 34.6. The Kier molecular flexibility index (Phi) is 6.90. The standard InChI is InChI=1S/C27H24Cl2FN5O2/c1-14-24-16(9-17(28)10-19(24)29)7-8-35(14)23(36)13-32-22-12-21-18(11-20(22)30)27(37)34-26(33-21)25(31)15-5-3-2-4-6-15/h2-6,9-12,14,25,32H,7-8,13,31H2,1H3,(H,33,34,37)/t14?,25-/m1/s1. The van der Waals surface area contributed by atoms with Crippen molar-refractivity contribution in [2.45, 2.75) is 25.4 Å². The number of carbonyl (C=O) groups is 1. The van der Waals surface area contributed by atoms with Crippen LogP contribution in [-0.4, -0.2) is 33.9 Å². The molecular weight excluding hydrogens is 516 g/mol. The van der Waals surface area contributed by atoms with Crippen LogP contribution in [0.15, 0.2) is 59.4 Å². The lowest BCUT2D eigenvalue weighted by atomic mass is 9.93. The molecular formula is C27H24Cl2FN5O2. The van der Waals surface area contributed by atoms with Gasteiger partial charge in [0.05, 0.1) is 35.2 Å². The van der Waals surface area contributed by atoms with E-state index in [-0.39, 0.29) is 40.9 Å². The fraction of sp³-hybridized carbons (Fsp3) is 0.222. The van der Waals surface area contributed by atoms with Crippen LogP contribution in [0.5, 0.6) is 0 Å². The number of hydrogen-bond acceptors (Lipinski definition) is 5. The zero-order chi connectivity index (χ0) is 26.3. The number of carbonyl (C=O) groups excluding carboxylic acids is 1. The molecule has 4 N–H and O–H groups in total. The summed E-state index contributed by atoms with van der Waals surface area (Å²) < 4.78 is 14.9. The van der Waals surface area contributed by atoms with Gasteiger partial charge in [-0.05, 0) is 54.3 Å². The van der Waals surface area contributed by atoms with Crippen LogP contribution >= 0.6 is 23.2 Å². The predicted molar refractivity (Wildman–Crippen MR) is 144 cm³/mol. The Hall–Kier alpha value is -3.46. The number of aromatic amines is 1. The molecule has 1 aromatic heterocycles. The Morgan fingerprint density at radius 3 is 2.76 bits per heavy atom. The molecule has 2 atom stereocenters. The van der Waals surface area contributed by atoms with Crippen LogP contribution in [0.1, 0.15) is 41.5 Å². The second-order valence-electron chi connectivity index (χ2n) is 9.02. The summed E-state index contributed by atoms with van der Waals surface area (Å²) in [6.45, 7) is 2.25. The summed E-state index contributed by atoms with van der Waals surface area (Å²) in [5, 5.41) is 4.03. The van der Waals surface area contributed by atoms with Gasteiger partial charge in [0.1, 0.15) is 11.6 Å². The van der Waals surface area contributed by atoms with Crippen LogP contribution in [0, 0.1) is 5.82 Å². The van der Waals surface area contributed by atoms with E-state index in [0.717, 1.165) is 22.8 Å². The van der Waals surface area contributed by atoms with Crippen molar-refractivity contribution in [3.8, 4) is 0 Å². The van der Waals surface area contributed by atoms with E-state index in [1.165, 1.54) is 6.07 Å². The van der Waals surface area contributed by atoms with Gasteiger partial charge >= 0.3 is 0 Å². The first-order valence-electron chi connectivity index (χ1n) is 11.8. The molecule has 0 saturated heterocycles. The molecule has 0 fully saturated rings. The number of benzene rings is 3. The van der Waals surface area contributed by atoms with Gasteiger partial charge < -0.3 is 20.9 Å². The highest BCUT2D eigenvalue weighted by Crippen LogP contribution is 2.37. The SMILES string of the molecule is CC1c2c(Cl)cc(Cl)cc2CCN1C(=O)CNc1cc2nc([C@H](N)c3ccccc3)[nH]c(=O)c2cc1F. The summed E-state index contributed by atoms with van der Waals surface area (Å²) in [6, 6.07) is 14.4. The van der Waals surface area contributed by atoms with Gasteiger partial charge in [0.2, 0.25) is 5.91 Å². The molecule has 10 heteroatoms. The topological polar surface area (TPSA) is 104 Å². The molecule has 3 aromatic carbocycles. The number of nitrogens with two attached hydrogens (primary N) is 1. The first kappa shape index (κ1) is 25.2. The molecule has 0 saturated carbocycles. The zero-order valence-electron chi connectivity index (χ0n) is 19.9. The summed E-state index contributed by atoms with van der Waals surface area (Å²) in [6.07, 6.45) is 0.618. The molecule has 0 bridgehead atoms. The fourth-order valence-corrected chi connectivity index (χ4v) is 5.49. The maximum atomic E-state index is 14.9. The van der Waals surface area contributed by atoms with E-state index in [9.17, 15) is 14.0 Å². The number of anilines is 1. The Bertz CT molecular complexity index is 1560. The van der Waals surface area contributed by atoms with Crippen LogP contribution in [0.2, 0.25) is 10.0 Å². The lowest BCUT2D eigenvalue weighted by molar-refractivity contribution is -0.131. The van der Waals surface area contributed by atoms with Crippen molar-refractivity contribution < 1.29 is 9.18 Å². The molecule has 1 unspecified atom stereocenters. The third-order valence-electron chi connectivity index (χ3n) is 6.70. The first-order chi connectivity index (χ1) is 17.7. The molecule has 0 spiro atoms. The third kappa shape index (κ3) is 4.92. The second-order valence-corrected chi connectivity index (χ2v) is 9.86. The Labute approximate surface area is 222 Å². The molecule has 4 aromatic rings. The monoisotopic (exact) mass is 539 g/mol. The normalized spacial score (nSPS) is 15.9. The maximum Gasteiger partial charge on any atom is 0.258 e. The number of H-pyrrole nitrogens is 1. The zero-order valence-corrected chi connectivity index (χ0v) is 21.4. The van der Waals surface area contributed by atoms with Crippen LogP contribution in [0.25, 0.3) is 10.9 Å².